The molecule has 2 spiro atoms. The number of aliphatic hydroxyl groups excluding tert-OH is 1. The van der Waals surface area contributed by atoms with Crippen LogP contribution < -0.4 is 9.47 Å². The fourth-order valence-electron chi connectivity index (χ4n) is 12.2. The number of amides is 1. The summed E-state index contributed by atoms with van der Waals surface area (Å²) < 4.78 is 26.2. The van der Waals surface area contributed by atoms with Crippen molar-refractivity contribution < 1.29 is 33.7 Å². The molecule has 6 aliphatic carbocycles. The predicted octanol–water partition coefficient (Wildman–Crippen LogP) is 8.57. The Labute approximate surface area is 338 Å². The lowest BCUT2D eigenvalue weighted by Crippen LogP contribution is -2.67. The van der Waals surface area contributed by atoms with E-state index in [1.165, 1.54) is 10.9 Å². The number of carbonyl (C=O) groups is 2. The average Bonchev–Trinajstić information content (AvgIpc) is 3.80. The fraction of sp³-hybridized carbons (Fsp3) is 0.522. The van der Waals surface area contributed by atoms with Crippen LogP contribution in [0.4, 0.5) is 4.39 Å². The highest BCUT2D eigenvalue weighted by Gasteiger charge is 2.74. The molecule has 0 radical (unpaired) electrons. The molecule has 56 heavy (non-hydrogen) atoms. The number of allylic oxidation sites excluding steroid dienone is 4. The van der Waals surface area contributed by atoms with Gasteiger partial charge in [-0.2, -0.15) is 0 Å². The van der Waals surface area contributed by atoms with Crippen molar-refractivity contribution in [2.24, 2.45) is 33.5 Å². The molecule has 6 aliphatic rings. The zero-order chi connectivity index (χ0) is 39.7. The molecule has 298 valence electrons. The number of rotatable bonds is 12. The van der Waals surface area contributed by atoms with Gasteiger partial charge in [0, 0.05) is 56.8 Å². The number of carbonyl (C=O) groups excluding carboxylic acids is 2. The zero-order valence-electron chi connectivity index (χ0n) is 32.8. The second-order valence-electron chi connectivity index (χ2n) is 17.6. The quantitative estimate of drug-likeness (QED) is 0.178. The molecule has 10 heteroatoms. The highest BCUT2D eigenvalue weighted by molar-refractivity contribution is 7.09. The van der Waals surface area contributed by atoms with Crippen molar-refractivity contribution in [2.45, 2.75) is 89.8 Å². The van der Waals surface area contributed by atoms with Gasteiger partial charge in [-0.3, -0.25) is 9.59 Å². The van der Waals surface area contributed by atoms with E-state index in [1.54, 1.807) is 37.7 Å². The third-order valence-electron chi connectivity index (χ3n) is 15.2. The summed E-state index contributed by atoms with van der Waals surface area (Å²) >= 11 is 8.16. The van der Waals surface area contributed by atoms with Crippen LogP contribution in [0.1, 0.15) is 74.8 Å². The Morgan fingerprint density at radius 2 is 1.70 bits per heavy atom. The number of Topliss-reactive ketones (excluding diaryl/α,β-unsaturated/α-hetero) is 1. The van der Waals surface area contributed by atoms with Crippen LogP contribution in [-0.2, 0) is 28.9 Å². The van der Waals surface area contributed by atoms with Crippen LogP contribution >= 0.6 is 22.9 Å². The Hall–Kier alpha value is -3.50. The van der Waals surface area contributed by atoms with E-state index < -0.39 is 33.8 Å². The van der Waals surface area contributed by atoms with E-state index in [2.05, 4.69) is 38.1 Å². The van der Waals surface area contributed by atoms with Gasteiger partial charge < -0.3 is 24.6 Å². The van der Waals surface area contributed by atoms with Crippen LogP contribution in [0.25, 0.3) is 0 Å². The van der Waals surface area contributed by atoms with Crippen molar-refractivity contribution in [2.75, 3.05) is 27.3 Å². The summed E-state index contributed by atoms with van der Waals surface area (Å²) in [7, 11) is 3.16. The molecule has 2 N–H and O–H groups in total. The molecule has 2 aromatic carbocycles. The number of thiophene rings is 1. The number of methoxy groups -OCH3 is 2. The topological polar surface area (TPSA) is 96.3 Å². The van der Waals surface area contributed by atoms with Crippen LogP contribution in [0.3, 0.4) is 0 Å². The third kappa shape index (κ3) is 6.01. The molecule has 3 saturated carbocycles. The number of hydrogen-bond acceptors (Lipinski definition) is 7. The van der Waals surface area contributed by atoms with Crippen molar-refractivity contribution in [3.05, 3.63) is 105 Å². The first-order valence-electron chi connectivity index (χ1n) is 20.0. The Morgan fingerprint density at radius 1 is 0.946 bits per heavy atom. The van der Waals surface area contributed by atoms with Crippen LogP contribution in [-0.4, -0.2) is 65.8 Å². The Morgan fingerprint density at radius 3 is 2.43 bits per heavy atom. The lowest BCUT2D eigenvalue weighted by atomic mass is 9.32. The normalized spacial score (nSPS) is 33.9. The average molecular weight is 802 g/mol. The second-order valence-corrected chi connectivity index (χ2v) is 19.1. The van der Waals surface area contributed by atoms with Gasteiger partial charge in [-0.1, -0.05) is 61.9 Å². The summed E-state index contributed by atoms with van der Waals surface area (Å²) in [5.41, 5.74) is -1.61. The minimum absolute atomic E-state index is 0.0769. The molecular weight excluding hydrogens is 749 g/mol. The molecule has 3 aromatic rings. The first-order chi connectivity index (χ1) is 26.7. The van der Waals surface area contributed by atoms with E-state index in [0.717, 1.165) is 24.8 Å². The summed E-state index contributed by atoms with van der Waals surface area (Å²) in [5.74, 6) is 0.390. The number of ether oxygens (including phenoxy) is 2. The Kier molecular flexibility index (Phi) is 10.1. The monoisotopic (exact) mass is 801 g/mol. The maximum absolute atomic E-state index is 15.2. The van der Waals surface area contributed by atoms with Crippen molar-refractivity contribution in [1.29, 1.82) is 0 Å². The predicted molar refractivity (Wildman–Crippen MR) is 217 cm³/mol. The summed E-state index contributed by atoms with van der Waals surface area (Å²) in [6.07, 6.45) is 11.6. The van der Waals surface area contributed by atoms with Crippen LogP contribution in [0.5, 0.6) is 11.5 Å². The third-order valence-corrected chi connectivity index (χ3v) is 16.5. The molecule has 8 atom stereocenters. The number of hydrogen-bond donors (Lipinski definition) is 2. The number of halogens is 2. The SMILES string of the molecule is COc1ccc(CC(=O)N(CCc2cccs2)CC2(O)CCC3C45C=CC6(C=C4C(=O)Cc4c(F)cccc4Cl)CC(O)CCC6(C)C5CCC32C)cc1OC. The van der Waals surface area contributed by atoms with Crippen LogP contribution in [0.2, 0.25) is 5.02 Å². The molecule has 0 saturated heterocycles. The van der Waals surface area contributed by atoms with Gasteiger partial charge in [-0.25, -0.2) is 4.39 Å². The first kappa shape index (κ1) is 39.3. The van der Waals surface area contributed by atoms with Gasteiger partial charge in [0.2, 0.25) is 5.91 Å². The molecule has 1 aromatic heterocycles. The van der Waals surface area contributed by atoms with Gasteiger partial charge in [0.05, 0.1) is 32.3 Å². The number of nitrogens with zero attached hydrogens (tertiary/aromatic N) is 1. The summed E-state index contributed by atoms with van der Waals surface area (Å²) in [6.45, 7) is 5.15. The molecule has 1 heterocycles. The lowest BCUT2D eigenvalue weighted by Gasteiger charge is -2.71. The minimum atomic E-state index is -1.23. The molecule has 0 aliphatic heterocycles. The standard InChI is InChI=1S/C46H53ClFNO6S/c1-42-16-12-30(50)26-44(42)19-20-46(33(27-44)36(51)25-32-34(47)8-5-9-35(32)48)39(42)13-17-43(2)40(46)14-18-45(43,53)28-49(21-15-31-7-6-22-56-31)41(52)24-29-10-11-37(54-3)38(23-29)55-4/h5-11,19-20,22-23,27,30,39-40,50,53H,12-18,21,24-26,28H2,1-4H3. The Bertz CT molecular complexity index is 2070. The molecule has 1 amide bonds. The minimum Gasteiger partial charge on any atom is -0.493 e. The van der Waals surface area contributed by atoms with Gasteiger partial charge in [-0.05, 0) is 110 Å². The Balaban J connectivity index is 1.15. The van der Waals surface area contributed by atoms with Gasteiger partial charge >= 0.3 is 0 Å². The molecule has 2 bridgehead atoms. The first-order valence-corrected chi connectivity index (χ1v) is 21.3. The zero-order valence-corrected chi connectivity index (χ0v) is 34.4. The molecule has 3 fully saturated rings. The largest absolute Gasteiger partial charge is 0.493 e. The number of aliphatic hydroxyl groups is 2. The van der Waals surface area contributed by atoms with Crippen molar-refractivity contribution in [3.63, 3.8) is 0 Å². The summed E-state index contributed by atoms with van der Waals surface area (Å²) in [6, 6.07) is 14.1. The van der Waals surface area contributed by atoms with E-state index in [0.29, 0.717) is 55.7 Å². The maximum atomic E-state index is 15.2. The van der Waals surface area contributed by atoms with E-state index in [1.807, 2.05) is 34.5 Å². The maximum Gasteiger partial charge on any atom is 0.227 e. The number of benzene rings is 2. The van der Waals surface area contributed by atoms with E-state index in [4.69, 9.17) is 21.1 Å². The van der Waals surface area contributed by atoms with Gasteiger partial charge in [-0.15, -0.1) is 11.3 Å². The molecule has 9 rings (SSSR count). The number of fused-ring (bicyclic) bond motifs is 1. The van der Waals surface area contributed by atoms with E-state index >= 15 is 4.39 Å². The second kappa shape index (κ2) is 14.4. The smallest absolute Gasteiger partial charge is 0.227 e. The van der Waals surface area contributed by atoms with Crippen molar-refractivity contribution in [3.8, 4) is 11.5 Å². The van der Waals surface area contributed by atoms with E-state index in [-0.39, 0.29) is 58.9 Å². The molecule has 8 unspecified atom stereocenters. The van der Waals surface area contributed by atoms with Gasteiger partial charge in [0.1, 0.15) is 5.82 Å². The highest BCUT2D eigenvalue weighted by Crippen LogP contribution is 2.78. The highest BCUT2D eigenvalue weighted by atomic mass is 35.5. The van der Waals surface area contributed by atoms with Crippen LogP contribution in [0.15, 0.2) is 77.7 Å². The molecular formula is C46H53ClFNO6S. The van der Waals surface area contributed by atoms with Crippen molar-refractivity contribution >= 4 is 34.6 Å². The van der Waals surface area contributed by atoms with Gasteiger partial charge in [0.15, 0.2) is 17.3 Å². The lowest BCUT2D eigenvalue weighted by molar-refractivity contribution is -0.180. The van der Waals surface area contributed by atoms with E-state index in [9.17, 15) is 19.8 Å². The van der Waals surface area contributed by atoms with Crippen LogP contribution in [0, 0.1) is 39.3 Å². The van der Waals surface area contributed by atoms with Gasteiger partial charge in [0.25, 0.3) is 0 Å². The van der Waals surface area contributed by atoms with Crippen molar-refractivity contribution in [1.82, 2.24) is 4.90 Å². The summed E-state index contributed by atoms with van der Waals surface area (Å²) in [5, 5.41) is 26.5. The molecule has 7 nitrogen and oxygen atoms in total. The number of ketones is 1. The fourth-order valence-corrected chi connectivity index (χ4v) is 13.1. The summed E-state index contributed by atoms with van der Waals surface area (Å²) in [4.78, 5) is 32.2.